The maximum absolute atomic E-state index is 13.3. The van der Waals surface area contributed by atoms with Crippen molar-refractivity contribution in [2.45, 2.75) is 13.3 Å². The summed E-state index contributed by atoms with van der Waals surface area (Å²) < 4.78 is 45.5. The number of hydrogen-bond donors (Lipinski definition) is 1. The molecule has 0 aliphatic rings. The zero-order valence-electron chi connectivity index (χ0n) is 11.8. The molecule has 0 unspecified atom stereocenters. The van der Waals surface area contributed by atoms with Gasteiger partial charge in [-0.2, -0.15) is 12.7 Å². The summed E-state index contributed by atoms with van der Waals surface area (Å²) in [5.41, 5.74) is 0.703. The maximum Gasteiger partial charge on any atom is 0.306 e. The number of aryl methyl sites for hydroxylation is 1. The number of nitrogens with one attached hydrogen (secondary N) is 1. The Morgan fingerprint density at radius 3 is 2.67 bits per heavy atom. The van der Waals surface area contributed by atoms with Crippen LogP contribution >= 0.6 is 15.9 Å². The third-order valence-electron chi connectivity index (χ3n) is 2.78. The predicted molar refractivity (Wildman–Crippen MR) is 80.6 cm³/mol. The fraction of sp³-hybridized carbons (Fsp3) is 0.417. The van der Waals surface area contributed by atoms with Crippen molar-refractivity contribution in [2.24, 2.45) is 0 Å². The molecule has 0 atom stereocenters. The van der Waals surface area contributed by atoms with E-state index in [1.54, 1.807) is 6.92 Å². The van der Waals surface area contributed by atoms with Crippen molar-refractivity contribution in [2.75, 3.05) is 25.4 Å². The van der Waals surface area contributed by atoms with Crippen molar-refractivity contribution < 1.29 is 22.3 Å². The van der Waals surface area contributed by atoms with Gasteiger partial charge in [0.15, 0.2) is 0 Å². The highest BCUT2D eigenvalue weighted by atomic mass is 79.9. The second kappa shape index (κ2) is 7.19. The van der Waals surface area contributed by atoms with Crippen LogP contribution in [0.3, 0.4) is 0 Å². The van der Waals surface area contributed by atoms with Crippen molar-refractivity contribution in [3.05, 3.63) is 28.0 Å². The van der Waals surface area contributed by atoms with Gasteiger partial charge in [0, 0.05) is 13.6 Å². The minimum absolute atomic E-state index is 0.0244. The molecular weight excluding hydrogens is 367 g/mol. The minimum atomic E-state index is -3.84. The molecule has 1 rings (SSSR count). The van der Waals surface area contributed by atoms with Crippen LogP contribution in [0.1, 0.15) is 12.0 Å². The van der Waals surface area contributed by atoms with Crippen LogP contribution in [0.25, 0.3) is 0 Å². The first-order valence-electron chi connectivity index (χ1n) is 5.94. The molecule has 21 heavy (non-hydrogen) atoms. The first-order valence-corrected chi connectivity index (χ1v) is 8.17. The Hall–Kier alpha value is -1.19. The van der Waals surface area contributed by atoms with Crippen molar-refractivity contribution in [3.63, 3.8) is 0 Å². The summed E-state index contributed by atoms with van der Waals surface area (Å²) in [5, 5.41) is 0. The highest BCUT2D eigenvalue weighted by molar-refractivity contribution is 9.10. The van der Waals surface area contributed by atoms with Crippen LogP contribution in [-0.2, 0) is 19.7 Å². The van der Waals surface area contributed by atoms with Gasteiger partial charge >= 0.3 is 16.2 Å². The van der Waals surface area contributed by atoms with Crippen molar-refractivity contribution in [3.8, 4) is 0 Å². The topological polar surface area (TPSA) is 75.7 Å². The van der Waals surface area contributed by atoms with E-state index in [0.29, 0.717) is 5.56 Å². The molecule has 0 radical (unpaired) electrons. The van der Waals surface area contributed by atoms with Gasteiger partial charge in [-0.1, -0.05) is 0 Å². The lowest BCUT2D eigenvalue weighted by Gasteiger charge is -2.19. The molecule has 0 heterocycles. The molecule has 0 aliphatic heterocycles. The smallest absolute Gasteiger partial charge is 0.306 e. The highest BCUT2D eigenvalue weighted by Gasteiger charge is 2.20. The van der Waals surface area contributed by atoms with Crippen molar-refractivity contribution in [1.29, 1.82) is 0 Å². The molecule has 0 saturated heterocycles. The second-order valence-corrected chi connectivity index (χ2v) is 6.97. The van der Waals surface area contributed by atoms with Crippen LogP contribution in [-0.4, -0.2) is 39.4 Å². The predicted octanol–water partition coefficient (Wildman–Crippen LogP) is 2.05. The number of anilines is 1. The zero-order chi connectivity index (χ0) is 16.2. The lowest BCUT2D eigenvalue weighted by molar-refractivity contribution is -0.140. The van der Waals surface area contributed by atoms with Crippen molar-refractivity contribution in [1.82, 2.24) is 4.31 Å². The Balaban J connectivity index is 2.85. The fourth-order valence-corrected chi connectivity index (χ4v) is 2.77. The van der Waals surface area contributed by atoms with E-state index in [0.717, 1.165) is 4.31 Å². The van der Waals surface area contributed by atoms with E-state index in [-0.39, 0.29) is 23.1 Å². The van der Waals surface area contributed by atoms with Gasteiger partial charge in [0.05, 0.1) is 23.7 Å². The van der Waals surface area contributed by atoms with Gasteiger partial charge in [-0.15, -0.1) is 0 Å². The minimum Gasteiger partial charge on any atom is -0.469 e. The van der Waals surface area contributed by atoms with Crippen LogP contribution in [0.15, 0.2) is 16.6 Å². The van der Waals surface area contributed by atoms with Gasteiger partial charge in [-0.05, 0) is 40.5 Å². The van der Waals surface area contributed by atoms with E-state index in [2.05, 4.69) is 25.4 Å². The zero-order valence-corrected chi connectivity index (χ0v) is 14.2. The van der Waals surface area contributed by atoms with Gasteiger partial charge in [0.1, 0.15) is 5.82 Å². The fourth-order valence-electron chi connectivity index (χ4n) is 1.44. The Labute approximate surface area is 131 Å². The summed E-state index contributed by atoms with van der Waals surface area (Å²) in [6, 6.07) is 2.56. The standard InChI is InChI=1S/C12H16BrFN2O4S/c1-8-6-10(14)9(13)7-11(8)15-21(18,19)16(2)5-4-12(17)20-3/h6-7,15H,4-5H2,1-3H3. The van der Waals surface area contributed by atoms with Crippen LogP contribution in [0.5, 0.6) is 0 Å². The summed E-state index contributed by atoms with van der Waals surface area (Å²) in [5.74, 6) is -0.979. The van der Waals surface area contributed by atoms with E-state index in [1.165, 1.54) is 26.3 Å². The van der Waals surface area contributed by atoms with Gasteiger partial charge in [-0.25, -0.2) is 4.39 Å². The van der Waals surface area contributed by atoms with E-state index < -0.39 is 22.0 Å². The van der Waals surface area contributed by atoms with Crippen LogP contribution in [0, 0.1) is 12.7 Å². The van der Waals surface area contributed by atoms with E-state index in [9.17, 15) is 17.6 Å². The summed E-state index contributed by atoms with van der Waals surface area (Å²) in [6.07, 6.45) is -0.0556. The summed E-state index contributed by atoms with van der Waals surface area (Å²) in [7, 11) is -1.27. The van der Waals surface area contributed by atoms with E-state index in [1.807, 2.05) is 0 Å². The molecule has 9 heteroatoms. The molecule has 1 aromatic carbocycles. The Morgan fingerprint density at radius 1 is 1.48 bits per heavy atom. The Bertz CT molecular complexity index is 636. The third-order valence-corrected chi connectivity index (χ3v) is 4.86. The molecule has 118 valence electrons. The van der Waals surface area contributed by atoms with Gasteiger partial charge in [0.25, 0.3) is 0 Å². The van der Waals surface area contributed by atoms with Crippen LogP contribution in [0.2, 0.25) is 0 Å². The molecule has 1 aromatic rings. The molecule has 0 aliphatic carbocycles. The Morgan fingerprint density at radius 2 is 2.10 bits per heavy atom. The van der Waals surface area contributed by atoms with Crippen LogP contribution < -0.4 is 4.72 Å². The monoisotopic (exact) mass is 382 g/mol. The number of ether oxygens (including phenoxy) is 1. The van der Waals surface area contributed by atoms with Crippen LogP contribution in [0.4, 0.5) is 10.1 Å². The second-order valence-electron chi connectivity index (χ2n) is 4.34. The lowest BCUT2D eigenvalue weighted by atomic mass is 10.2. The van der Waals surface area contributed by atoms with Gasteiger partial charge in [-0.3, -0.25) is 9.52 Å². The number of carbonyl (C=O) groups is 1. The number of rotatable bonds is 6. The number of nitrogens with zero attached hydrogens (tertiary/aromatic N) is 1. The third kappa shape index (κ3) is 4.94. The van der Waals surface area contributed by atoms with E-state index >= 15 is 0 Å². The summed E-state index contributed by atoms with van der Waals surface area (Å²) in [4.78, 5) is 11.0. The number of esters is 1. The molecule has 0 fully saturated rings. The molecule has 0 amide bonds. The number of hydrogen-bond acceptors (Lipinski definition) is 4. The first kappa shape index (κ1) is 17.9. The number of halogens is 2. The molecule has 0 aromatic heterocycles. The molecular formula is C12H16BrFN2O4S. The maximum atomic E-state index is 13.3. The van der Waals surface area contributed by atoms with Gasteiger partial charge in [0.2, 0.25) is 0 Å². The largest absolute Gasteiger partial charge is 0.469 e. The quantitative estimate of drug-likeness (QED) is 0.763. The molecule has 6 nitrogen and oxygen atoms in total. The summed E-state index contributed by atoms with van der Waals surface area (Å²) in [6.45, 7) is 1.56. The average molecular weight is 383 g/mol. The average Bonchev–Trinajstić information content (AvgIpc) is 2.41. The number of benzene rings is 1. The molecule has 1 N–H and O–H groups in total. The first-order chi connectivity index (χ1) is 9.67. The normalized spacial score (nSPS) is 11.5. The van der Waals surface area contributed by atoms with Gasteiger partial charge < -0.3 is 4.74 Å². The molecule has 0 bridgehead atoms. The summed E-state index contributed by atoms with van der Waals surface area (Å²) >= 11 is 3.00. The number of methoxy groups -OCH3 is 1. The number of carbonyl (C=O) groups excluding carboxylic acids is 1. The van der Waals surface area contributed by atoms with E-state index in [4.69, 9.17) is 0 Å². The Kier molecular flexibility index (Phi) is 6.11. The highest BCUT2D eigenvalue weighted by Crippen LogP contribution is 2.25. The SMILES string of the molecule is COC(=O)CCN(C)S(=O)(=O)Nc1cc(Br)c(F)cc1C. The van der Waals surface area contributed by atoms with Crippen molar-refractivity contribution >= 4 is 37.8 Å². The molecule has 0 spiro atoms. The lowest BCUT2D eigenvalue weighted by Crippen LogP contribution is -2.34. The molecule has 0 saturated carbocycles.